The minimum Gasteiger partial charge on any atom is -0.342 e. The van der Waals surface area contributed by atoms with Crippen LogP contribution < -0.4 is 0 Å². The number of hydroxylamine groups is 2. The largest absolute Gasteiger partial charge is 0.342 e. The van der Waals surface area contributed by atoms with Gasteiger partial charge in [0, 0.05) is 19.0 Å². The van der Waals surface area contributed by atoms with Crippen molar-refractivity contribution in [3.8, 4) is 0 Å². The molecular formula is C18H24N2O3. The first-order chi connectivity index (χ1) is 11.0. The molecule has 0 bridgehead atoms. The first-order valence-electron chi connectivity index (χ1n) is 8.31. The molecule has 0 atom stereocenters. The van der Waals surface area contributed by atoms with E-state index in [-0.39, 0.29) is 17.7 Å². The highest BCUT2D eigenvalue weighted by molar-refractivity contribution is 5.79. The summed E-state index contributed by atoms with van der Waals surface area (Å²) in [5, 5.41) is 1.50. The predicted octanol–water partition coefficient (Wildman–Crippen LogP) is 2.37. The number of piperidine rings is 1. The number of amides is 2. The Morgan fingerprint density at radius 1 is 1.22 bits per heavy atom. The minimum atomic E-state index is -0.417. The first-order valence-corrected chi connectivity index (χ1v) is 8.31. The van der Waals surface area contributed by atoms with Crippen LogP contribution in [-0.2, 0) is 21.0 Å². The molecule has 1 aromatic rings. The Balaban J connectivity index is 1.61. The van der Waals surface area contributed by atoms with Crippen LogP contribution in [0.1, 0.15) is 38.7 Å². The van der Waals surface area contributed by atoms with E-state index in [0.717, 1.165) is 18.4 Å². The van der Waals surface area contributed by atoms with Crippen molar-refractivity contribution >= 4 is 11.8 Å². The number of carbonyl (C=O) groups excluding carboxylic acids is 2. The van der Waals surface area contributed by atoms with E-state index in [2.05, 4.69) is 0 Å². The lowest BCUT2D eigenvalue weighted by Gasteiger charge is -2.38. The molecule has 0 saturated carbocycles. The van der Waals surface area contributed by atoms with Gasteiger partial charge in [-0.2, -0.15) is 0 Å². The zero-order valence-corrected chi connectivity index (χ0v) is 13.8. The Morgan fingerprint density at radius 2 is 1.87 bits per heavy atom. The van der Waals surface area contributed by atoms with Gasteiger partial charge in [-0.15, -0.1) is 0 Å². The minimum absolute atomic E-state index is 0.0183. The van der Waals surface area contributed by atoms with Gasteiger partial charge in [0.25, 0.3) is 0 Å². The summed E-state index contributed by atoms with van der Waals surface area (Å²) in [4.78, 5) is 32.3. The molecule has 2 amide bonds. The van der Waals surface area contributed by atoms with Gasteiger partial charge in [0.05, 0.1) is 13.0 Å². The van der Waals surface area contributed by atoms with Crippen molar-refractivity contribution < 1.29 is 14.4 Å². The van der Waals surface area contributed by atoms with Crippen molar-refractivity contribution in [2.24, 2.45) is 5.92 Å². The molecular weight excluding hydrogens is 292 g/mol. The summed E-state index contributed by atoms with van der Waals surface area (Å²) in [6.45, 7) is 5.66. The molecule has 3 rings (SSSR count). The standard InChI is InChI=1S/C18H24N2O3/c1-14(2)17(22)19-10-8-18(9-11-19)12-16(21)20(23-18)13-15-6-4-3-5-7-15/h3-7,14H,8-13H2,1-2H3. The van der Waals surface area contributed by atoms with Gasteiger partial charge in [-0.25, -0.2) is 5.06 Å². The summed E-state index contributed by atoms with van der Waals surface area (Å²) in [5.74, 6) is 0.243. The molecule has 23 heavy (non-hydrogen) atoms. The van der Waals surface area contributed by atoms with Gasteiger partial charge in [-0.3, -0.25) is 14.4 Å². The van der Waals surface area contributed by atoms with E-state index in [0.29, 0.717) is 26.1 Å². The molecule has 0 N–H and O–H groups in total. The number of likely N-dealkylation sites (tertiary alicyclic amines) is 1. The van der Waals surface area contributed by atoms with E-state index in [1.165, 1.54) is 5.06 Å². The highest BCUT2D eigenvalue weighted by atomic mass is 16.7. The molecule has 2 heterocycles. The third kappa shape index (κ3) is 3.39. The normalized spacial score (nSPS) is 20.6. The second-order valence-corrected chi connectivity index (χ2v) is 6.85. The van der Waals surface area contributed by atoms with Gasteiger partial charge in [-0.05, 0) is 18.4 Å². The molecule has 0 radical (unpaired) electrons. The van der Waals surface area contributed by atoms with Crippen LogP contribution in [0.2, 0.25) is 0 Å². The van der Waals surface area contributed by atoms with E-state index >= 15 is 0 Å². The summed E-state index contributed by atoms with van der Waals surface area (Å²) < 4.78 is 0. The van der Waals surface area contributed by atoms with Crippen LogP contribution in [0.3, 0.4) is 0 Å². The van der Waals surface area contributed by atoms with Crippen molar-refractivity contribution in [3.05, 3.63) is 35.9 Å². The fourth-order valence-electron chi connectivity index (χ4n) is 3.32. The zero-order chi connectivity index (χ0) is 16.4. The van der Waals surface area contributed by atoms with Crippen molar-refractivity contribution in [1.29, 1.82) is 0 Å². The van der Waals surface area contributed by atoms with E-state index < -0.39 is 5.60 Å². The number of hydrogen-bond donors (Lipinski definition) is 0. The number of hydrogen-bond acceptors (Lipinski definition) is 3. The molecule has 2 aliphatic rings. The fourth-order valence-corrected chi connectivity index (χ4v) is 3.32. The highest BCUT2D eigenvalue weighted by Crippen LogP contribution is 2.37. The van der Waals surface area contributed by atoms with Crippen molar-refractivity contribution in [3.63, 3.8) is 0 Å². The number of nitrogens with zero attached hydrogens (tertiary/aromatic N) is 2. The van der Waals surface area contributed by atoms with Crippen molar-refractivity contribution in [1.82, 2.24) is 9.96 Å². The average Bonchev–Trinajstić information content (AvgIpc) is 2.84. The van der Waals surface area contributed by atoms with Gasteiger partial charge in [-0.1, -0.05) is 44.2 Å². The Bertz CT molecular complexity index is 577. The summed E-state index contributed by atoms with van der Waals surface area (Å²) >= 11 is 0. The average molecular weight is 316 g/mol. The van der Waals surface area contributed by atoms with Crippen LogP contribution in [0, 0.1) is 5.92 Å². The molecule has 1 spiro atoms. The van der Waals surface area contributed by atoms with Crippen LogP contribution in [0.15, 0.2) is 30.3 Å². The molecule has 2 fully saturated rings. The van der Waals surface area contributed by atoms with Crippen LogP contribution in [0.4, 0.5) is 0 Å². The third-order valence-electron chi connectivity index (χ3n) is 4.70. The van der Waals surface area contributed by atoms with Crippen LogP contribution in [0.5, 0.6) is 0 Å². The van der Waals surface area contributed by atoms with Crippen LogP contribution in [-0.4, -0.2) is 40.5 Å². The second kappa shape index (κ2) is 6.32. The zero-order valence-electron chi connectivity index (χ0n) is 13.8. The molecule has 0 aromatic heterocycles. The van der Waals surface area contributed by atoms with E-state index in [4.69, 9.17) is 4.84 Å². The van der Waals surface area contributed by atoms with E-state index in [9.17, 15) is 9.59 Å². The molecule has 0 aliphatic carbocycles. The molecule has 124 valence electrons. The van der Waals surface area contributed by atoms with Gasteiger partial charge < -0.3 is 4.90 Å². The summed E-state index contributed by atoms with van der Waals surface area (Å²) in [5.41, 5.74) is 0.643. The third-order valence-corrected chi connectivity index (χ3v) is 4.70. The predicted molar refractivity (Wildman–Crippen MR) is 86.1 cm³/mol. The second-order valence-electron chi connectivity index (χ2n) is 6.85. The maximum absolute atomic E-state index is 12.3. The maximum atomic E-state index is 12.3. The SMILES string of the molecule is CC(C)C(=O)N1CCC2(CC1)CC(=O)N(Cc1ccccc1)O2. The topological polar surface area (TPSA) is 49.9 Å². The quantitative estimate of drug-likeness (QED) is 0.860. The first kappa shape index (κ1) is 16.0. The summed E-state index contributed by atoms with van der Waals surface area (Å²) in [6, 6.07) is 9.86. The van der Waals surface area contributed by atoms with Crippen LogP contribution in [0.25, 0.3) is 0 Å². The van der Waals surface area contributed by atoms with Crippen LogP contribution >= 0.6 is 0 Å². The van der Waals surface area contributed by atoms with Gasteiger partial charge in [0.15, 0.2) is 0 Å². The Kier molecular flexibility index (Phi) is 4.39. The Hall–Kier alpha value is -1.88. The lowest BCUT2D eigenvalue weighted by Crippen LogP contribution is -2.48. The molecule has 5 heteroatoms. The summed E-state index contributed by atoms with van der Waals surface area (Å²) in [7, 11) is 0. The molecule has 2 saturated heterocycles. The smallest absolute Gasteiger partial charge is 0.249 e. The molecule has 0 unspecified atom stereocenters. The van der Waals surface area contributed by atoms with E-state index in [1.807, 2.05) is 49.1 Å². The number of rotatable bonds is 3. The summed E-state index contributed by atoms with van der Waals surface area (Å²) in [6.07, 6.45) is 1.87. The Morgan fingerprint density at radius 3 is 2.48 bits per heavy atom. The van der Waals surface area contributed by atoms with Gasteiger partial charge in [0.2, 0.25) is 11.8 Å². The van der Waals surface area contributed by atoms with Crippen molar-refractivity contribution in [2.75, 3.05) is 13.1 Å². The number of carbonyl (C=O) groups is 2. The van der Waals surface area contributed by atoms with Crippen molar-refractivity contribution in [2.45, 2.75) is 45.3 Å². The monoisotopic (exact) mass is 316 g/mol. The molecule has 1 aromatic carbocycles. The fraction of sp³-hybridized carbons (Fsp3) is 0.556. The lowest BCUT2D eigenvalue weighted by atomic mass is 9.88. The lowest BCUT2D eigenvalue weighted by molar-refractivity contribution is -0.214. The Labute approximate surface area is 137 Å². The molecule has 5 nitrogen and oxygen atoms in total. The van der Waals surface area contributed by atoms with Gasteiger partial charge >= 0.3 is 0 Å². The maximum Gasteiger partial charge on any atom is 0.249 e. The highest BCUT2D eigenvalue weighted by Gasteiger charge is 2.47. The van der Waals surface area contributed by atoms with E-state index in [1.54, 1.807) is 0 Å². The number of benzene rings is 1. The van der Waals surface area contributed by atoms with Gasteiger partial charge in [0.1, 0.15) is 5.60 Å². The molecule has 2 aliphatic heterocycles.